The van der Waals surface area contributed by atoms with Crippen molar-refractivity contribution in [2.75, 3.05) is 6.61 Å². The van der Waals surface area contributed by atoms with E-state index in [1.54, 1.807) is 0 Å². The number of ether oxygens (including phenoxy) is 1. The van der Waals surface area contributed by atoms with Crippen LogP contribution in [-0.4, -0.2) is 35.3 Å². The summed E-state index contributed by atoms with van der Waals surface area (Å²) in [5.41, 5.74) is 7.88. The van der Waals surface area contributed by atoms with E-state index in [0.29, 0.717) is 11.6 Å². The summed E-state index contributed by atoms with van der Waals surface area (Å²) >= 11 is 0. The van der Waals surface area contributed by atoms with Crippen molar-refractivity contribution >= 4 is 5.91 Å². The first kappa shape index (κ1) is 12.7. The van der Waals surface area contributed by atoms with Crippen molar-refractivity contribution in [2.45, 2.75) is 38.0 Å². The molecule has 0 radical (unpaired) electrons. The zero-order valence-electron chi connectivity index (χ0n) is 11.4. The Morgan fingerprint density at radius 2 is 2.32 bits per heavy atom. The molecule has 104 valence electrons. The van der Waals surface area contributed by atoms with E-state index in [1.807, 2.05) is 30.7 Å². The minimum atomic E-state index is -0.0660. The summed E-state index contributed by atoms with van der Waals surface area (Å²) in [6, 6.07) is 3.76. The lowest BCUT2D eigenvalue weighted by atomic mass is 9.68. The second-order valence-electron chi connectivity index (χ2n) is 5.64. The third-order valence-corrected chi connectivity index (χ3v) is 4.58. The average molecular weight is 263 g/mol. The average Bonchev–Trinajstić information content (AvgIpc) is 2.76. The molecule has 1 saturated carbocycles. The van der Waals surface area contributed by atoms with E-state index in [9.17, 15) is 4.79 Å². The highest BCUT2D eigenvalue weighted by atomic mass is 16.5. The van der Waals surface area contributed by atoms with Gasteiger partial charge >= 0.3 is 0 Å². The van der Waals surface area contributed by atoms with Crippen LogP contribution in [0.1, 0.15) is 29.0 Å². The first-order chi connectivity index (χ1) is 9.09. The van der Waals surface area contributed by atoms with Crippen LogP contribution in [0.25, 0.3) is 0 Å². The predicted octanol–water partition coefficient (Wildman–Crippen LogP) is 0.568. The zero-order chi connectivity index (χ0) is 13.6. The summed E-state index contributed by atoms with van der Waals surface area (Å²) in [7, 11) is 1.89. The Morgan fingerprint density at radius 1 is 1.53 bits per heavy atom. The molecule has 2 aliphatic rings. The lowest BCUT2D eigenvalue weighted by Gasteiger charge is -2.52. The van der Waals surface area contributed by atoms with Crippen LogP contribution in [-0.2, 0) is 11.8 Å². The fraction of sp³-hybridized carbons (Fsp3) is 0.643. The quantitative estimate of drug-likeness (QED) is 0.819. The molecular weight excluding hydrogens is 242 g/mol. The van der Waals surface area contributed by atoms with E-state index < -0.39 is 0 Å². The molecule has 3 N–H and O–H groups in total. The third-order valence-electron chi connectivity index (χ3n) is 4.58. The number of hydrogen-bond donors (Lipinski definition) is 2. The molecule has 4 atom stereocenters. The topological polar surface area (TPSA) is 69.3 Å². The number of fused-ring (bicyclic) bond motifs is 1. The fourth-order valence-corrected chi connectivity index (χ4v) is 3.19. The van der Waals surface area contributed by atoms with Crippen molar-refractivity contribution in [3.8, 4) is 0 Å². The van der Waals surface area contributed by atoms with Crippen LogP contribution in [0.15, 0.2) is 12.1 Å². The van der Waals surface area contributed by atoms with Crippen LogP contribution in [0, 0.1) is 12.8 Å². The van der Waals surface area contributed by atoms with Gasteiger partial charge in [-0.3, -0.25) is 4.79 Å². The van der Waals surface area contributed by atoms with Gasteiger partial charge in [0.15, 0.2) is 0 Å². The molecule has 1 aromatic rings. The van der Waals surface area contributed by atoms with Gasteiger partial charge in [0.25, 0.3) is 5.91 Å². The van der Waals surface area contributed by atoms with Gasteiger partial charge in [0.1, 0.15) is 5.69 Å². The minimum absolute atomic E-state index is 0.0237. The van der Waals surface area contributed by atoms with Gasteiger partial charge in [-0.05, 0) is 31.9 Å². The largest absolute Gasteiger partial charge is 0.376 e. The molecule has 1 amide bonds. The number of rotatable bonds is 2. The summed E-state index contributed by atoms with van der Waals surface area (Å²) in [5.74, 6) is 0.345. The van der Waals surface area contributed by atoms with Crippen molar-refractivity contribution in [1.29, 1.82) is 0 Å². The number of aromatic nitrogens is 1. The number of nitrogens with zero attached hydrogens (tertiary/aromatic N) is 1. The summed E-state index contributed by atoms with van der Waals surface area (Å²) in [6.45, 7) is 2.76. The maximum atomic E-state index is 12.3. The molecule has 0 bridgehead atoms. The SMILES string of the molecule is Cc1ccc(C(=O)NC2C(N)C3CCCOC32)n1C. The number of carbonyl (C=O) groups is 1. The monoisotopic (exact) mass is 263 g/mol. The number of nitrogens with one attached hydrogen (secondary N) is 1. The smallest absolute Gasteiger partial charge is 0.268 e. The second kappa shape index (κ2) is 4.65. The number of nitrogens with two attached hydrogens (primary N) is 1. The fourth-order valence-electron chi connectivity index (χ4n) is 3.19. The zero-order valence-corrected chi connectivity index (χ0v) is 11.4. The molecule has 1 aromatic heterocycles. The van der Waals surface area contributed by atoms with Crippen molar-refractivity contribution in [3.63, 3.8) is 0 Å². The minimum Gasteiger partial charge on any atom is -0.376 e. The second-order valence-corrected chi connectivity index (χ2v) is 5.64. The highest BCUT2D eigenvalue weighted by Crippen LogP contribution is 2.37. The maximum Gasteiger partial charge on any atom is 0.268 e. The van der Waals surface area contributed by atoms with Gasteiger partial charge in [-0.1, -0.05) is 0 Å². The summed E-state index contributed by atoms with van der Waals surface area (Å²) in [4.78, 5) is 12.3. The standard InChI is InChI=1S/C14H21N3O2/c1-8-5-6-10(17(8)2)14(18)16-12-11(15)9-4-3-7-19-13(9)12/h5-6,9,11-13H,3-4,7,15H2,1-2H3,(H,16,18). The first-order valence-electron chi connectivity index (χ1n) is 6.90. The molecule has 0 spiro atoms. The Morgan fingerprint density at radius 3 is 3.00 bits per heavy atom. The number of hydrogen-bond acceptors (Lipinski definition) is 3. The molecule has 5 nitrogen and oxygen atoms in total. The van der Waals surface area contributed by atoms with Crippen LogP contribution < -0.4 is 11.1 Å². The predicted molar refractivity (Wildman–Crippen MR) is 71.8 cm³/mol. The normalized spacial score (nSPS) is 33.4. The van der Waals surface area contributed by atoms with Crippen molar-refractivity contribution in [1.82, 2.24) is 9.88 Å². The number of amides is 1. The maximum absolute atomic E-state index is 12.3. The Bertz CT molecular complexity index is 497. The van der Waals surface area contributed by atoms with E-state index >= 15 is 0 Å². The number of aryl methyl sites for hydroxylation is 1. The van der Waals surface area contributed by atoms with Gasteiger partial charge in [-0.2, -0.15) is 0 Å². The van der Waals surface area contributed by atoms with Gasteiger partial charge in [-0.25, -0.2) is 0 Å². The van der Waals surface area contributed by atoms with Gasteiger partial charge in [0.2, 0.25) is 0 Å². The van der Waals surface area contributed by atoms with Crippen LogP contribution in [0.3, 0.4) is 0 Å². The molecule has 4 unspecified atom stereocenters. The molecule has 1 aliphatic heterocycles. The highest BCUT2D eigenvalue weighted by molar-refractivity contribution is 5.93. The Hall–Kier alpha value is -1.33. The molecule has 1 aliphatic carbocycles. The number of carbonyl (C=O) groups excluding carboxylic acids is 1. The van der Waals surface area contributed by atoms with Crippen LogP contribution in [0.2, 0.25) is 0 Å². The lowest BCUT2D eigenvalue weighted by molar-refractivity contribution is -0.117. The molecule has 19 heavy (non-hydrogen) atoms. The molecule has 0 aromatic carbocycles. The van der Waals surface area contributed by atoms with E-state index in [-0.39, 0.29) is 24.1 Å². The Kier molecular flexibility index (Phi) is 3.11. The first-order valence-corrected chi connectivity index (χ1v) is 6.90. The Labute approximate surface area is 113 Å². The van der Waals surface area contributed by atoms with Crippen LogP contribution in [0.4, 0.5) is 0 Å². The molecule has 3 rings (SSSR count). The molecule has 1 saturated heterocycles. The lowest BCUT2D eigenvalue weighted by Crippen LogP contribution is -2.72. The molecule has 2 fully saturated rings. The van der Waals surface area contributed by atoms with Gasteiger partial charge in [0, 0.05) is 31.3 Å². The van der Waals surface area contributed by atoms with E-state index in [4.69, 9.17) is 10.5 Å². The van der Waals surface area contributed by atoms with Crippen LogP contribution >= 0.6 is 0 Å². The van der Waals surface area contributed by atoms with E-state index in [0.717, 1.165) is 25.1 Å². The molecule has 5 heteroatoms. The molecule has 2 heterocycles. The van der Waals surface area contributed by atoms with E-state index in [2.05, 4.69) is 5.32 Å². The summed E-state index contributed by atoms with van der Waals surface area (Å²) < 4.78 is 7.62. The Balaban J connectivity index is 1.68. The van der Waals surface area contributed by atoms with Gasteiger partial charge in [0.05, 0.1) is 12.1 Å². The van der Waals surface area contributed by atoms with E-state index in [1.165, 1.54) is 0 Å². The van der Waals surface area contributed by atoms with Crippen molar-refractivity contribution in [3.05, 3.63) is 23.5 Å². The third kappa shape index (κ3) is 1.97. The molecular formula is C14H21N3O2. The summed E-state index contributed by atoms with van der Waals surface area (Å²) in [5, 5.41) is 3.03. The van der Waals surface area contributed by atoms with Gasteiger partial charge < -0.3 is 20.4 Å². The van der Waals surface area contributed by atoms with Crippen molar-refractivity contribution < 1.29 is 9.53 Å². The van der Waals surface area contributed by atoms with Crippen LogP contribution in [0.5, 0.6) is 0 Å². The summed E-state index contributed by atoms with van der Waals surface area (Å²) in [6.07, 6.45) is 2.29. The van der Waals surface area contributed by atoms with Gasteiger partial charge in [-0.15, -0.1) is 0 Å². The highest BCUT2D eigenvalue weighted by Gasteiger charge is 2.51. The van der Waals surface area contributed by atoms with Crippen molar-refractivity contribution in [2.24, 2.45) is 18.7 Å².